The third-order valence-corrected chi connectivity index (χ3v) is 18.2. The van der Waals surface area contributed by atoms with Crippen LogP contribution < -0.4 is 29.9 Å². The molecule has 0 saturated carbocycles. The normalized spacial score (nSPS) is 12.8. The van der Waals surface area contributed by atoms with Crippen LogP contribution in [0, 0.1) is 19.7 Å². The number of nitrogens with one attached hydrogen (secondary N) is 3. The molecule has 8 aromatic rings. The summed E-state index contributed by atoms with van der Waals surface area (Å²) < 4.78 is 180. The Morgan fingerprint density at radius 1 is 0.771 bits per heavy atom. The number of halogens is 8. The number of hydrogen-bond acceptors (Lipinski definition) is 24. The Balaban J connectivity index is 0.000000222. The van der Waals surface area contributed by atoms with E-state index in [1.54, 1.807) is 18.6 Å². The van der Waals surface area contributed by atoms with E-state index in [0.29, 0.717) is 41.8 Å². The molecule has 1 unspecified atom stereocenters. The van der Waals surface area contributed by atoms with Crippen molar-refractivity contribution in [1.29, 1.82) is 0 Å². The number of urea groups is 1. The molecular weight excluding hydrogens is 1510 g/mol. The summed E-state index contributed by atoms with van der Waals surface area (Å²) in [7, 11) is -7.28. The van der Waals surface area contributed by atoms with E-state index in [4.69, 9.17) is 47.0 Å². The van der Waals surface area contributed by atoms with E-state index < -0.39 is 122 Å². The Morgan fingerprint density at radius 2 is 1.35 bits per heavy atom. The number of ketones is 1. The summed E-state index contributed by atoms with van der Waals surface area (Å²) in [6, 6.07) is 27.0. The number of methoxy groups -OCH3 is 3. The zero-order valence-electron chi connectivity index (χ0n) is 56.8. The maximum Gasteiger partial charge on any atom is 0.416 e. The van der Waals surface area contributed by atoms with Crippen LogP contribution >= 0.6 is 23.2 Å². The topological polar surface area (TPSA) is 395 Å². The summed E-state index contributed by atoms with van der Waals surface area (Å²) in [6.45, 7) is 3.06. The van der Waals surface area contributed by atoms with Crippen molar-refractivity contribution in [1.82, 2.24) is 43.5 Å². The summed E-state index contributed by atoms with van der Waals surface area (Å²) in [5.41, 5.74) is -1.86. The number of aryl methyl sites for hydroxylation is 3. The molecule has 4 N–H and O–H groups in total. The van der Waals surface area contributed by atoms with Gasteiger partial charge in [-0.2, -0.15) is 41.7 Å². The molecule has 41 heteroatoms. The second kappa shape index (κ2) is 35.3. The van der Waals surface area contributed by atoms with Gasteiger partial charge in [0.2, 0.25) is 39.4 Å². The molecule has 5 aromatic carbocycles. The lowest BCUT2D eigenvalue weighted by Crippen LogP contribution is -2.35. The van der Waals surface area contributed by atoms with Gasteiger partial charge in [0.25, 0.3) is 10.0 Å². The summed E-state index contributed by atoms with van der Waals surface area (Å²) in [5, 5.41) is 22.3. The number of aromatic hydroxyl groups is 1. The number of benzene rings is 5. The molecule has 2 amide bonds. The molecule has 0 spiro atoms. The minimum absolute atomic E-state index is 0.0408. The maximum absolute atomic E-state index is 14.2. The average Bonchev–Trinajstić information content (AvgIpc) is 1.09. The zero-order chi connectivity index (χ0) is 78.3. The molecule has 1 aliphatic heterocycles. The van der Waals surface area contributed by atoms with Crippen LogP contribution in [0.25, 0.3) is 5.69 Å². The van der Waals surface area contributed by atoms with Crippen molar-refractivity contribution in [3.63, 3.8) is 0 Å². The monoisotopic (exact) mass is 1570 g/mol. The highest BCUT2D eigenvalue weighted by molar-refractivity contribution is 7.91. The van der Waals surface area contributed by atoms with Gasteiger partial charge in [0.1, 0.15) is 27.3 Å². The van der Waals surface area contributed by atoms with Crippen LogP contribution in [0.4, 0.5) is 37.1 Å². The van der Waals surface area contributed by atoms with Gasteiger partial charge in [-0.1, -0.05) is 83.5 Å². The van der Waals surface area contributed by atoms with Crippen molar-refractivity contribution in [2.24, 2.45) is 12.2 Å². The quantitative estimate of drug-likeness (QED) is 0.0162. The SMILES string of the molecule is CCOC(=O)C(Cl)Cc1cc(-n2nc(C)n(C(F)F)c2=O)c(F)cc1Cl.CCOC(=O)C1=NOC(c2ccccc2)(c2ccccc2)C1.COC(=O)c1ccc(CNS(C)(=O)=O)cc1S(=O)(=O)NC(=O)Nc1nc(OC)cc(OC)n1.Cc1nn(C)c(O)c1C(=O)c1ccc(C(F)(F)F)cc1S(C)(=O)=O. The van der Waals surface area contributed by atoms with Crippen molar-refractivity contribution < 1.29 is 109 Å². The number of alkyl halides is 6. The Morgan fingerprint density at radius 3 is 1.85 bits per heavy atom. The number of oxime groups is 1. The predicted octanol–water partition coefficient (Wildman–Crippen LogP) is 8.44. The van der Waals surface area contributed by atoms with Gasteiger partial charge in [0, 0.05) is 48.0 Å². The van der Waals surface area contributed by atoms with Gasteiger partial charge in [-0.05, 0) is 81.3 Å². The predicted molar refractivity (Wildman–Crippen MR) is 364 cm³/mol. The first-order chi connectivity index (χ1) is 49.1. The van der Waals surface area contributed by atoms with Gasteiger partial charge in [0.05, 0.1) is 75.0 Å². The van der Waals surface area contributed by atoms with Crippen molar-refractivity contribution in [3.05, 3.63) is 193 Å². The fourth-order valence-electron chi connectivity index (χ4n) is 9.52. The van der Waals surface area contributed by atoms with E-state index in [1.165, 1.54) is 47.2 Å². The molecule has 0 fully saturated rings. The molecule has 30 nitrogen and oxygen atoms in total. The Bertz CT molecular complexity index is 4930. The lowest BCUT2D eigenvalue weighted by Gasteiger charge is -2.27. The first-order valence-electron chi connectivity index (χ1n) is 30.1. The number of nitrogens with zero attached hydrogens (tertiary/aromatic N) is 8. The lowest BCUT2D eigenvalue weighted by atomic mass is 9.82. The standard InChI is InChI=1S/C18H17NO3.C17H21N5O9S2.C15H14Cl2F3N3O3.C14H13F3N2O4S/c1-2-21-17(20)16-13-18(22-19-16,14-9-5-3-6-10-14)15-11-7-4-8-12-15;1-29-13-8-14(30-2)20-16(19-13)21-17(24)22-33(27,28)12-7-10(9-18-32(4,25)26)5-6-11(12)15(23)31-3;1-3-26-13(24)10(17)4-8-5-12(11(18)6-9(8)16)23-15(25)22(14(19)20)7(2)21-23;1-7-11(13(21)19(2)18-7)12(20)9-5-4-8(14(15,16)17)6-10(9)24(3,22)23/h3-12H,2,13H2,1H3;5-8,18H,9H2,1-4H3,(H2,19,20,21,22,24);5-6,10,14H,3-4H2,1-2H3;4-6,21H,1-3H3. The van der Waals surface area contributed by atoms with E-state index in [2.05, 4.69) is 40.1 Å². The van der Waals surface area contributed by atoms with Crippen LogP contribution in [-0.2, 0) is 90.3 Å². The first kappa shape index (κ1) is 83.5. The molecule has 1 aliphatic rings. The van der Waals surface area contributed by atoms with E-state index in [0.717, 1.165) is 59.5 Å². The number of amides is 2. The molecule has 0 bridgehead atoms. The largest absolute Gasteiger partial charge is 0.493 e. The maximum atomic E-state index is 14.2. The van der Waals surface area contributed by atoms with Crippen molar-refractivity contribution in [2.75, 3.05) is 52.4 Å². The van der Waals surface area contributed by atoms with Gasteiger partial charge < -0.3 is 33.6 Å². The van der Waals surface area contributed by atoms with Crippen molar-refractivity contribution >= 4 is 94.5 Å². The van der Waals surface area contributed by atoms with Gasteiger partial charge in [-0.15, -0.1) is 16.7 Å². The van der Waals surface area contributed by atoms with Crippen LogP contribution in [0.2, 0.25) is 5.02 Å². The summed E-state index contributed by atoms with van der Waals surface area (Å²) >= 11 is 11.9. The average molecular weight is 1570 g/mol. The number of sulfone groups is 1. The van der Waals surface area contributed by atoms with Crippen LogP contribution in [0.5, 0.6) is 17.6 Å². The van der Waals surface area contributed by atoms with E-state index in [-0.39, 0.29) is 86.3 Å². The van der Waals surface area contributed by atoms with E-state index in [1.807, 2.05) is 60.7 Å². The molecule has 105 heavy (non-hydrogen) atoms. The Hall–Kier alpha value is -10.5. The summed E-state index contributed by atoms with van der Waals surface area (Å²) in [5.74, 6) is -4.99. The minimum Gasteiger partial charge on any atom is -0.493 e. The number of sulfonamides is 2. The number of anilines is 1. The summed E-state index contributed by atoms with van der Waals surface area (Å²) in [6.07, 6.45) is -2.88. The Labute approximate surface area is 605 Å². The second-order valence-corrected chi connectivity index (χ2v) is 28.2. The van der Waals surface area contributed by atoms with Gasteiger partial charge >= 0.3 is 42.4 Å². The van der Waals surface area contributed by atoms with Crippen molar-refractivity contribution in [2.45, 2.75) is 80.6 Å². The van der Waals surface area contributed by atoms with Crippen LogP contribution in [0.15, 0.2) is 135 Å². The molecule has 0 aliphatic carbocycles. The van der Waals surface area contributed by atoms with Crippen LogP contribution in [0.1, 0.15) is 92.4 Å². The molecule has 9 rings (SSSR count). The van der Waals surface area contributed by atoms with Gasteiger partial charge in [0.15, 0.2) is 27.0 Å². The number of hydrogen-bond donors (Lipinski definition) is 4. The third kappa shape index (κ3) is 21.4. The second-order valence-electron chi connectivity index (χ2n) is 21.8. The molecule has 564 valence electrons. The molecule has 0 radical (unpaired) electrons. The van der Waals surface area contributed by atoms with Crippen molar-refractivity contribution in [3.8, 4) is 23.3 Å². The minimum atomic E-state index is -4.76. The van der Waals surface area contributed by atoms with E-state index >= 15 is 0 Å². The molecule has 4 heterocycles. The number of rotatable bonds is 22. The summed E-state index contributed by atoms with van der Waals surface area (Å²) in [4.78, 5) is 84.7. The molecule has 0 saturated heterocycles. The highest BCUT2D eigenvalue weighted by Crippen LogP contribution is 2.42. The number of ether oxygens (including phenoxy) is 5. The van der Waals surface area contributed by atoms with Gasteiger partial charge in [-0.3, -0.25) is 14.9 Å². The fourth-order valence-corrected chi connectivity index (χ4v) is 12.5. The highest BCUT2D eigenvalue weighted by atomic mass is 35.5. The fraction of sp³-hybridized carbons (Fsp3) is 0.297. The van der Waals surface area contributed by atoms with Gasteiger partial charge in [-0.25, -0.2) is 67.5 Å². The number of aromatic nitrogens is 7. The third-order valence-electron chi connectivity index (χ3n) is 14.4. The molecule has 3 aromatic heterocycles. The first-order valence-corrected chi connectivity index (χ1v) is 36.2. The number of carbonyl (C=O) groups excluding carboxylic acids is 5. The Kier molecular flexibility index (Phi) is 28.1. The number of carbonyl (C=O) groups is 5. The van der Waals surface area contributed by atoms with Crippen LogP contribution in [0.3, 0.4) is 0 Å². The molecule has 1 atom stereocenters. The van der Waals surface area contributed by atoms with Crippen LogP contribution in [-0.4, -0.2) is 152 Å². The highest BCUT2D eigenvalue weighted by Gasteiger charge is 2.45. The zero-order valence-corrected chi connectivity index (χ0v) is 60.7. The number of esters is 3. The van der Waals surface area contributed by atoms with E-state index in [9.17, 15) is 85.5 Å². The lowest BCUT2D eigenvalue weighted by molar-refractivity contribution is -0.142. The smallest absolute Gasteiger partial charge is 0.416 e. The molecular formula is C64H65Cl2F6N11O19S3.